The summed E-state index contributed by atoms with van der Waals surface area (Å²) in [6, 6.07) is 23.8. The average Bonchev–Trinajstić information content (AvgIpc) is 3.32. The van der Waals surface area contributed by atoms with Crippen molar-refractivity contribution in [1.29, 1.82) is 0 Å². The van der Waals surface area contributed by atoms with Gasteiger partial charge < -0.3 is 24.3 Å². The summed E-state index contributed by atoms with van der Waals surface area (Å²) in [6.07, 6.45) is 0.829. The first-order valence-electron chi connectivity index (χ1n) is 12.3. The first-order valence-corrected chi connectivity index (χ1v) is 12.3. The van der Waals surface area contributed by atoms with E-state index in [1.807, 2.05) is 80.8 Å². The monoisotopic (exact) mass is 504 g/mol. The Balaban J connectivity index is 1.26. The van der Waals surface area contributed by atoms with Gasteiger partial charge in [0.15, 0.2) is 11.2 Å². The molecule has 8 nitrogen and oxygen atoms in total. The van der Waals surface area contributed by atoms with Gasteiger partial charge in [-0.2, -0.15) is 4.98 Å². The molecule has 0 unspecified atom stereocenters. The maximum atomic E-state index is 11.3. The number of hydrogen-bond acceptors (Lipinski definition) is 6. The summed E-state index contributed by atoms with van der Waals surface area (Å²) >= 11 is 0. The number of carboxylic acids is 1. The molecule has 0 aliphatic heterocycles. The minimum Gasteiger partial charge on any atom is -0.493 e. The van der Waals surface area contributed by atoms with Crippen LogP contribution in [0, 0.1) is 0 Å². The number of aromatic nitrogens is 1. The molecular formula is C29H34N3O5+. The van der Waals surface area contributed by atoms with Crippen LogP contribution in [0.5, 0.6) is 11.5 Å². The largest absolute Gasteiger partial charge is 0.493 e. The fourth-order valence-corrected chi connectivity index (χ4v) is 3.81. The summed E-state index contributed by atoms with van der Waals surface area (Å²) in [5.41, 5.74) is 2.36. The molecule has 0 aliphatic carbocycles. The minimum absolute atomic E-state index is 0.361. The second kappa shape index (κ2) is 11.0. The van der Waals surface area contributed by atoms with E-state index in [4.69, 9.17) is 13.9 Å². The molecule has 4 rings (SSSR count). The maximum absolute atomic E-state index is 11.3. The number of carbonyl (C=O) groups is 1. The first-order chi connectivity index (χ1) is 17.6. The van der Waals surface area contributed by atoms with Crippen molar-refractivity contribution in [1.82, 2.24) is 14.8 Å². The van der Waals surface area contributed by atoms with Gasteiger partial charge in [-0.3, -0.25) is 0 Å². The molecule has 194 valence electrons. The number of hydrogen-bond donors (Lipinski definition) is 2. The molecule has 0 aliphatic rings. The van der Waals surface area contributed by atoms with Crippen molar-refractivity contribution < 1.29 is 23.8 Å². The van der Waals surface area contributed by atoms with Crippen molar-refractivity contribution in [2.45, 2.75) is 32.4 Å². The number of nitrogens with zero attached hydrogens (tertiary/aromatic N) is 2. The molecule has 0 spiro atoms. The Bertz CT molecular complexity index is 1330. The third-order valence-corrected chi connectivity index (χ3v) is 6.11. The fraction of sp³-hybridized carbons (Fsp3) is 0.310. The molecule has 0 atom stereocenters. The highest BCUT2D eigenvalue weighted by molar-refractivity contribution is 5.77. The van der Waals surface area contributed by atoms with Crippen LogP contribution in [0.4, 0.5) is 11.7 Å². The topological polar surface area (TPSA) is 93.8 Å². The standard InChI is InChI=1S/C29H33N3O5/c1-29(2,27(33)34)37-24-13-7-10-21(18-24)20-30-16-9-17-35-23-12-8-11-22(19-23)32(3,4)28-31-25-14-5-6-15-26(25)36-28/h5-8,10-15,18-19,30H,9,16-17,20H2,1-4H3/p+1. The molecule has 2 N–H and O–H groups in total. The van der Waals surface area contributed by atoms with Crippen LogP contribution in [0.2, 0.25) is 0 Å². The van der Waals surface area contributed by atoms with Gasteiger partial charge >= 0.3 is 12.0 Å². The van der Waals surface area contributed by atoms with E-state index in [2.05, 4.69) is 10.3 Å². The molecule has 3 aromatic carbocycles. The van der Waals surface area contributed by atoms with Gasteiger partial charge in [0.05, 0.1) is 20.7 Å². The first kappa shape index (κ1) is 26.2. The molecule has 0 fully saturated rings. The lowest BCUT2D eigenvalue weighted by Crippen LogP contribution is -2.37. The zero-order valence-corrected chi connectivity index (χ0v) is 21.7. The van der Waals surface area contributed by atoms with Crippen LogP contribution >= 0.6 is 0 Å². The Kier molecular flexibility index (Phi) is 7.80. The Hall–Kier alpha value is -3.88. The second-order valence-electron chi connectivity index (χ2n) is 9.86. The van der Waals surface area contributed by atoms with E-state index < -0.39 is 11.6 Å². The number of rotatable bonds is 12. The lowest BCUT2D eigenvalue weighted by Gasteiger charge is -2.24. The van der Waals surface area contributed by atoms with Gasteiger partial charge in [0.2, 0.25) is 0 Å². The van der Waals surface area contributed by atoms with E-state index in [9.17, 15) is 9.90 Å². The number of fused-ring (bicyclic) bond motifs is 1. The molecule has 0 saturated carbocycles. The molecule has 37 heavy (non-hydrogen) atoms. The van der Waals surface area contributed by atoms with Crippen LogP contribution in [0.15, 0.2) is 77.2 Å². The lowest BCUT2D eigenvalue weighted by molar-refractivity contribution is -0.152. The minimum atomic E-state index is -1.28. The molecule has 0 amide bonds. The van der Waals surface area contributed by atoms with Crippen molar-refractivity contribution in [3.8, 4) is 11.5 Å². The maximum Gasteiger partial charge on any atom is 0.409 e. The molecule has 4 aromatic rings. The van der Waals surface area contributed by atoms with Crippen molar-refractivity contribution in [3.05, 3.63) is 78.4 Å². The highest BCUT2D eigenvalue weighted by Crippen LogP contribution is 2.34. The molecular weight excluding hydrogens is 470 g/mol. The number of oxazole rings is 1. The third-order valence-electron chi connectivity index (χ3n) is 6.11. The van der Waals surface area contributed by atoms with E-state index in [0.29, 0.717) is 29.4 Å². The lowest BCUT2D eigenvalue weighted by atomic mass is 10.1. The van der Waals surface area contributed by atoms with Gasteiger partial charge in [-0.1, -0.05) is 30.3 Å². The van der Waals surface area contributed by atoms with E-state index >= 15 is 0 Å². The van der Waals surface area contributed by atoms with Gasteiger partial charge in [-0.15, -0.1) is 0 Å². The van der Waals surface area contributed by atoms with Gasteiger partial charge in [0.1, 0.15) is 22.7 Å². The zero-order valence-electron chi connectivity index (χ0n) is 21.7. The van der Waals surface area contributed by atoms with Crippen LogP contribution < -0.4 is 19.3 Å². The van der Waals surface area contributed by atoms with Crippen LogP contribution in [0.1, 0.15) is 25.8 Å². The third kappa shape index (κ3) is 6.47. The number of carboxylic acid groups (broad SMARTS) is 1. The van der Waals surface area contributed by atoms with Crippen LogP contribution in [-0.4, -0.2) is 48.9 Å². The Morgan fingerprint density at radius 2 is 1.78 bits per heavy atom. The highest BCUT2D eigenvalue weighted by atomic mass is 16.5. The molecule has 1 aromatic heterocycles. The molecule has 8 heteroatoms. The smallest absolute Gasteiger partial charge is 0.409 e. The summed E-state index contributed by atoms with van der Waals surface area (Å²) in [4.78, 5) is 16.0. The van der Waals surface area contributed by atoms with E-state index in [0.717, 1.165) is 41.1 Å². The molecule has 1 heterocycles. The van der Waals surface area contributed by atoms with Crippen molar-refractivity contribution in [2.75, 3.05) is 27.2 Å². The van der Waals surface area contributed by atoms with Crippen molar-refractivity contribution in [3.63, 3.8) is 0 Å². The van der Waals surface area contributed by atoms with E-state index in [1.165, 1.54) is 13.8 Å². The number of benzene rings is 3. The highest BCUT2D eigenvalue weighted by Gasteiger charge is 2.30. The zero-order chi connectivity index (χ0) is 26.5. The molecule has 0 bridgehead atoms. The summed E-state index contributed by atoms with van der Waals surface area (Å²) in [7, 11) is 4.08. The number of quaternary nitrogens is 1. The van der Waals surface area contributed by atoms with Gasteiger partial charge in [0.25, 0.3) is 0 Å². The predicted octanol–water partition coefficient (Wildman–Crippen LogP) is 5.53. The number of nitrogens with one attached hydrogen (secondary N) is 1. The predicted molar refractivity (Wildman–Crippen MR) is 144 cm³/mol. The second-order valence-corrected chi connectivity index (χ2v) is 9.86. The average molecular weight is 505 g/mol. The summed E-state index contributed by atoms with van der Waals surface area (Å²) in [6.45, 7) is 5.06. The number of para-hydroxylation sites is 2. The summed E-state index contributed by atoms with van der Waals surface area (Å²) < 4.78 is 18.0. The van der Waals surface area contributed by atoms with Gasteiger partial charge in [0, 0.05) is 12.6 Å². The summed E-state index contributed by atoms with van der Waals surface area (Å²) in [5.74, 6) is 0.329. The summed E-state index contributed by atoms with van der Waals surface area (Å²) in [5, 5.41) is 12.7. The van der Waals surface area contributed by atoms with E-state index in [-0.39, 0.29) is 0 Å². The SMILES string of the molecule is CC(C)(Oc1cccc(CNCCCOc2cccc([N+](C)(C)c3nc4ccccc4o3)c2)c1)C(=O)O. The van der Waals surface area contributed by atoms with Crippen molar-refractivity contribution in [2.24, 2.45) is 0 Å². The fourth-order valence-electron chi connectivity index (χ4n) is 3.81. The Labute approximate surface area is 217 Å². The van der Waals surface area contributed by atoms with Gasteiger partial charge in [-0.05, 0) is 68.8 Å². The normalized spacial score (nSPS) is 12.0. The number of aliphatic carboxylic acids is 1. The van der Waals surface area contributed by atoms with Crippen LogP contribution in [-0.2, 0) is 11.3 Å². The van der Waals surface area contributed by atoms with Crippen molar-refractivity contribution >= 4 is 28.8 Å². The Morgan fingerprint density at radius 3 is 2.57 bits per heavy atom. The van der Waals surface area contributed by atoms with E-state index in [1.54, 1.807) is 6.07 Å². The number of ether oxygens (including phenoxy) is 2. The van der Waals surface area contributed by atoms with Crippen LogP contribution in [0.25, 0.3) is 11.1 Å². The molecule has 0 radical (unpaired) electrons. The van der Waals surface area contributed by atoms with Crippen LogP contribution in [0.3, 0.4) is 0 Å². The van der Waals surface area contributed by atoms with Gasteiger partial charge in [-0.25, -0.2) is 9.28 Å². The Morgan fingerprint density at radius 1 is 1.03 bits per heavy atom. The molecule has 0 saturated heterocycles. The quantitative estimate of drug-likeness (QED) is 0.194.